The van der Waals surface area contributed by atoms with Gasteiger partial charge in [0.15, 0.2) is 0 Å². The summed E-state index contributed by atoms with van der Waals surface area (Å²) in [6.07, 6.45) is 3.45. The second kappa shape index (κ2) is 9.18. The highest BCUT2D eigenvalue weighted by atomic mass is 16.5. The van der Waals surface area contributed by atoms with Crippen molar-refractivity contribution in [2.45, 2.75) is 32.5 Å². The fourth-order valence-electron chi connectivity index (χ4n) is 3.09. The SMILES string of the molecule is CCOc1ccc(CN2CCNC(=O)[C@@H]2CC(=O)NCc2ncc[nH]2)cc1. The monoisotopic (exact) mass is 371 g/mol. The van der Waals surface area contributed by atoms with E-state index < -0.39 is 6.04 Å². The molecule has 0 radical (unpaired) electrons. The zero-order chi connectivity index (χ0) is 19.1. The van der Waals surface area contributed by atoms with Gasteiger partial charge in [-0.2, -0.15) is 0 Å². The van der Waals surface area contributed by atoms with E-state index in [4.69, 9.17) is 4.74 Å². The number of aromatic amines is 1. The zero-order valence-corrected chi connectivity index (χ0v) is 15.4. The van der Waals surface area contributed by atoms with E-state index in [9.17, 15) is 9.59 Å². The lowest BCUT2D eigenvalue weighted by Crippen LogP contribution is -2.56. The molecule has 144 valence electrons. The molecule has 1 saturated heterocycles. The first-order valence-electron chi connectivity index (χ1n) is 9.14. The summed E-state index contributed by atoms with van der Waals surface area (Å²) < 4.78 is 5.46. The zero-order valence-electron chi connectivity index (χ0n) is 15.4. The molecule has 8 nitrogen and oxygen atoms in total. The van der Waals surface area contributed by atoms with E-state index >= 15 is 0 Å². The largest absolute Gasteiger partial charge is 0.494 e. The molecule has 1 aliphatic rings. The Bertz CT molecular complexity index is 745. The molecule has 0 unspecified atom stereocenters. The van der Waals surface area contributed by atoms with Gasteiger partial charge in [0.05, 0.1) is 25.6 Å². The maximum Gasteiger partial charge on any atom is 0.237 e. The highest BCUT2D eigenvalue weighted by Gasteiger charge is 2.31. The Morgan fingerprint density at radius 1 is 1.37 bits per heavy atom. The number of nitrogens with one attached hydrogen (secondary N) is 3. The van der Waals surface area contributed by atoms with Crippen molar-refractivity contribution in [1.82, 2.24) is 25.5 Å². The van der Waals surface area contributed by atoms with Crippen molar-refractivity contribution in [1.29, 1.82) is 0 Å². The molecule has 1 aromatic carbocycles. The topological polar surface area (TPSA) is 99.3 Å². The van der Waals surface area contributed by atoms with Gasteiger partial charge in [0.1, 0.15) is 11.6 Å². The van der Waals surface area contributed by atoms with Crippen LogP contribution in [-0.4, -0.2) is 52.4 Å². The van der Waals surface area contributed by atoms with Crippen molar-refractivity contribution in [3.63, 3.8) is 0 Å². The van der Waals surface area contributed by atoms with Gasteiger partial charge in [0, 0.05) is 32.0 Å². The second-order valence-electron chi connectivity index (χ2n) is 6.37. The number of aromatic nitrogens is 2. The first-order valence-corrected chi connectivity index (χ1v) is 9.14. The van der Waals surface area contributed by atoms with Gasteiger partial charge in [0.2, 0.25) is 11.8 Å². The first kappa shape index (κ1) is 18.9. The van der Waals surface area contributed by atoms with E-state index in [0.29, 0.717) is 38.6 Å². The molecule has 0 aliphatic carbocycles. The average Bonchev–Trinajstić information content (AvgIpc) is 3.18. The van der Waals surface area contributed by atoms with Crippen LogP contribution in [0.2, 0.25) is 0 Å². The molecule has 27 heavy (non-hydrogen) atoms. The van der Waals surface area contributed by atoms with E-state index in [1.807, 2.05) is 36.1 Å². The third kappa shape index (κ3) is 5.30. The number of amides is 2. The molecule has 2 amide bonds. The fraction of sp³-hybridized carbons (Fsp3) is 0.421. The number of hydrogen-bond acceptors (Lipinski definition) is 5. The van der Waals surface area contributed by atoms with E-state index in [0.717, 1.165) is 11.3 Å². The molecule has 8 heteroatoms. The average molecular weight is 371 g/mol. The lowest BCUT2D eigenvalue weighted by Gasteiger charge is -2.34. The molecule has 1 aromatic heterocycles. The van der Waals surface area contributed by atoms with E-state index in [2.05, 4.69) is 20.6 Å². The molecule has 0 spiro atoms. The lowest BCUT2D eigenvalue weighted by atomic mass is 10.1. The predicted octanol–water partition coefficient (Wildman–Crippen LogP) is 0.815. The maximum atomic E-state index is 12.3. The van der Waals surface area contributed by atoms with E-state index in [1.54, 1.807) is 12.4 Å². The molecular weight excluding hydrogens is 346 g/mol. The van der Waals surface area contributed by atoms with Gasteiger partial charge in [-0.3, -0.25) is 14.5 Å². The van der Waals surface area contributed by atoms with Gasteiger partial charge < -0.3 is 20.4 Å². The van der Waals surface area contributed by atoms with Gasteiger partial charge in [-0.25, -0.2) is 4.98 Å². The van der Waals surface area contributed by atoms with Crippen molar-refractivity contribution in [2.75, 3.05) is 19.7 Å². The number of carbonyl (C=O) groups is 2. The molecule has 0 bridgehead atoms. The number of carbonyl (C=O) groups excluding carboxylic acids is 2. The Balaban J connectivity index is 1.58. The molecule has 0 saturated carbocycles. The quantitative estimate of drug-likeness (QED) is 0.638. The molecule has 1 atom stereocenters. The predicted molar refractivity (Wildman–Crippen MR) is 99.9 cm³/mol. The number of rotatable bonds is 8. The number of imidazole rings is 1. The second-order valence-corrected chi connectivity index (χ2v) is 6.37. The van der Waals surface area contributed by atoms with Gasteiger partial charge >= 0.3 is 0 Å². The summed E-state index contributed by atoms with van der Waals surface area (Å²) in [4.78, 5) is 33.7. The van der Waals surface area contributed by atoms with Crippen molar-refractivity contribution in [2.24, 2.45) is 0 Å². The van der Waals surface area contributed by atoms with Crippen molar-refractivity contribution in [3.05, 3.63) is 48.0 Å². The first-order chi connectivity index (χ1) is 13.2. The highest BCUT2D eigenvalue weighted by molar-refractivity contribution is 5.88. The van der Waals surface area contributed by atoms with E-state index in [1.165, 1.54) is 0 Å². The number of H-pyrrole nitrogens is 1. The van der Waals surface area contributed by atoms with Crippen LogP contribution in [0.3, 0.4) is 0 Å². The van der Waals surface area contributed by atoms with Gasteiger partial charge in [0.25, 0.3) is 0 Å². The smallest absolute Gasteiger partial charge is 0.237 e. The van der Waals surface area contributed by atoms with Crippen LogP contribution in [0, 0.1) is 0 Å². The Morgan fingerprint density at radius 2 is 2.19 bits per heavy atom. The third-order valence-corrected chi connectivity index (χ3v) is 4.45. The van der Waals surface area contributed by atoms with Crippen LogP contribution in [-0.2, 0) is 22.7 Å². The fourth-order valence-corrected chi connectivity index (χ4v) is 3.09. The van der Waals surface area contributed by atoms with Crippen molar-refractivity contribution < 1.29 is 14.3 Å². The number of ether oxygens (including phenoxy) is 1. The summed E-state index contributed by atoms with van der Waals surface area (Å²) in [5, 5.41) is 5.65. The normalized spacial score (nSPS) is 17.4. The summed E-state index contributed by atoms with van der Waals surface area (Å²) in [6.45, 7) is 4.78. The maximum absolute atomic E-state index is 12.3. The molecule has 2 aromatic rings. The van der Waals surface area contributed by atoms with Crippen molar-refractivity contribution >= 4 is 11.8 Å². The Hall–Kier alpha value is -2.87. The number of hydrogen-bond donors (Lipinski definition) is 3. The van der Waals surface area contributed by atoms with Gasteiger partial charge in [-0.05, 0) is 24.6 Å². The highest BCUT2D eigenvalue weighted by Crippen LogP contribution is 2.17. The van der Waals surface area contributed by atoms with Crippen LogP contribution < -0.4 is 15.4 Å². The lowest BCUT2D eigenvalue weighted by molar-refractivity contribution is -0.134. The molecule has 3 rings (SSSR count). The van der Waals surface area contributed by atoms with Crippen LogP contribution in [0.4, 0.5) is 0 Å². The van der Waals surface area contributed by atoms with Gasteiger partial charge in [-0.1, -0.05) is 12.1 Å². The van der Waals surface area contributed by atoms with Gasteiger partial charge in [-0.15, -0.1) is 0 Å². The van der Waals surface area contributed by atoms with Crippen LogP contribution in [0.15, 0.2) is 36.7 Å². The molecular formula is C19H25N5O3. The van der Waals surface area contributed by atoms with Crippen LogP contribution >= 0.6 is 0 Å². The number of nitrogens with zero attached hydrogens (tertiary/aromatic N) is 2. The van der Waals surface area contributed by atoms with E-state index in [-0.39, 0.29) is 18.2 Å². The van der Waals surface area contributed by atoms with Crippen molar-refractivity contribution in [3.8, 4) is 5.75 Å². The molecule has 1 fully saturated rings. The summed E-state index contributed by atoms with van der Waals surface area (Å²) in [5.41, 5.74) is 1.08. The van der Waals surface area contributed by atoms with Crippen LogP contribution in [0.5, 0.6) is 5.75 Å². The molecule has 2 heterocycles. The standard InChI is InChI=1S/C19H25N5O3/c1-2-27-15-5-3-14(4-6-15)13-24-10-9-22-19(26)16(24)11-18(25)23-12-17-20-7-8-21-17/h3-8,16H,2,9-13H2,1H3,(H,20,21)(H,22,26)(H,23,25)/t16-/m0/s1. The Labute approximate surface area is 158 Å². The molecule has 3 N–H and O–H groups in total. The summed E-state index contributed by atoms with van der Waals surface area (Å²) >= 11 is 0. The Morgan fingerprint density at radius 3 is 2.89 bits per heavy atom. The Kier molecular flexibility index (Phi) is 6.43. The molecule has 1 aliphatic heterocycles. The third-order valence-electron chi connectivity index (χ3n) is 4.45. The minimum atomic E-state index is -0.484. The summed E-state index contributed by atoms with van der Waals surface area (Å²) in [5.74, 6) is 1.22. The summed E-state index contributed by atoms with van der Waals surface area (Å²) in [7, 11) is 0. The summed E-state index contributed by atoms with van der Waals surface area (Å²) in [6, 6.07) is 7.35. The van der Waals surface area contributed by atoms with Crippen LogP contribution in [0.1, 0.15) is 24.7 Å². The van der Waals surface area contributed by atoms with Crippen LogP contribution in [0.25, 0.3) is 0 Å². The number of benzene rings is 1. The number of piperazine rings is 1. The minimum Gasteiger partial charge on any atom is -0.494 e. The minimum absolute atomic E-state index is 0.111.